The van der Waals surface area contributed by atoms with Crippen molar-refractivity contribution >= 4 is 19.7 Å². The Morgan fingerprint density at radius 3 is 2.60 bits per heavy atom. The zero-order valence-corrected chi connectivity index (χ0v) is 13.4. The predicted molar refractivity (Wildman–Crippen MR) is 78.0 cm³/mol. The van der Waals surface area contributed by atoms with E-state index in [0.717, 1.165) is 24.0 Å². The molecule has 0 radical (unpaired) electrons. The number of ether oxygens (including phenoxy) is 2. The van der Waals surface area contributed by atoms with E-state index >= 15 is 0 Å². The molecule has 1 aromatic rings. The standard InChI is InChI=1S/C14H19ClO4S/c1-9-6-10(2)14(13(7-9)20(15,16)17)18-8-12-5-4-11(3)19-12/h6-7,11-12H,4-5,8H2,1-3H3. The van der Waals surface area contributed by atoms with Gasteiger partial charge in [0, 0.05) is 10.7 Å². The van der Waals surface area contributed by atoms with Crippen LogP contribution >= 0.6 is 10.7 Å². The van der Waals surface area contributed by atoms with Gasteiger partial charge in [-0.1, -0.05) is 6.07 Å². The highest BCUT2D eigenvalue weighted by Crippen LogP contribution is 2.32. The summed E-state index contributed by atoms with van der Waals surface area (Å²) in [5, 5.41) is 0. The highest BCUT2D eigenvalue weighted by Gasteiger charge is 2.25. The molecule has 0 N–H and O–H groups in total. The average Bonchev–Trinajstić information content (AvgIpc) is 2.72. The minimum Gasteiger partial charge on any atom is -0.489 e. The summed E-state index contributed by atoms with van der Waals surface area (Å²) in [6.07, 6.45) is 2.17. The Morgan fingerprint density at radius 2 is 2.05 bits per heavy atom. The summed E-state index contributed by atoms with van der Waals surface area (Å²) in [5.41, 5.74) is 1.59. The van der Waals surface area contributed by atoms with Gasteiger partial charge in [-0.3, -0.25) is 0 Å². The Hall–Kier alpha value is -0.780. The van der Waals surface area contributed by atoms with Crippen molar-refractivity contribution in [1.82, 2.24) is 0 Å². The van der Waals surface area contributed by atoms with Crippen molar-refractivity contribution in [3.63, 3.8) is 0 Å². The molecular formula is C14H19ClO4S. The van der Waals surface area contributed by atoms with Crippen molar-refractivity contribution in [2.75, 3.05) is 6.61 Å². The number of rotatable bonds is 4. The van der Waals surface area contributed by atoms with Gasteiger partial charge in [0.15, 0.2) is 0 Å². The second-order valence-electron chi connectivity index (χ2n) is 5.30. The van der Waals surface area contributed by atoms with Gasteiger partial charge in [0.2, 0.25) is 0 Å². The molecule has 112 valence electrons. The van der Waals surface area contributed by atoms with E-state index in [-0.39, 0.29) is 17.1 Å². The van der Waals surface area contributed by atoms with Crippen LogP contribution in [0.4, 0.5) is 0 Å². The normalized spacial score (nSPS) is 23.0. The minimum absolute atomic E-state index is 0.0107. The third-order valence-corrected chi connectivity index (χ3v) is 4.71. The molecule has 1 fully saturated rings. The summed E-state index contributed by atoms with van der Waals surface area (Å²) in [6, 6.07) is 3.40. The fraction of sp³-hybridized carbons (Fsp3) is 0.571. The van der Waals surface area contributed by atoms with E-state index < -0.39 is 9.05 Å². The molecular weight excluding hydrogens is 300 g/mol. The summed E-state index contributed by atoms with van der Waals surface area (Å²) in [6.45, 7) is 6.00. The number of hydrogen-bond acceptors (Lipinski definition) is 4. The lowest BCUT2D eigenvalue weighted by atomic mass is 10.1. The van der Waals surface area contributed by atoms with Crippen molar-refractivity contribution in [3.8, 4) is 5.75 Å². The van der Waals surface area contributed by atoms with Gasteiger partial charge in [-0.25, -0.2) is 8.42 Å². The summed E-state index contributed by atoms with van der Waals surface area (Å²) in [5.74, 6) is 0.328. The largest absolute Gasteiger partial charge is 0.489 e. The highest BCUT2D eigenvalue weighted by molar-refractivity contribution is 8.13. The Bertz CT molecular complexity index is 597. The molecule has 1 aromatic carbocycles. The molecule has 0 spiro atoms. The molecule has 0 bridgehead atoms. The van der Waals surface area contributed by atoms with E-state index in [2.05, 4.69) is 0 Å². The average molecular weight is 319 g/mol. The van der Waals surface area contributed by atoms with Crippen LogP contribution < -0.4 is 4.74 Å². The van der Waals surface area contributed by atoms with Crippen molar-refractivity contribution in [2.45, 2.75) is 50.7 Å². The Kier molecular flexibility index (Phi) is 4.62. The third-order valence-electron chi connectivity index (χ3n) is 3.38. The van der Waals surface area contributed by atoms with Gasteiger partial charge < -0.3 is 9.47 Å². The van der Waals surface area contributed by atoms with E-state index in [9.17, 15) is 8.42 Å². The van der Waals surface area contributed by atoms with E-state index in [0.29, 0.717) is 12.4 Å². The van der Waals surface area contributed by atoms with E-state index in [1.54, 1.807) is 0 Å². The quantitative estimate of drug-likeness (QED) is 0.800. The van der Waals surface area contributed by atoms with Gasteiger partial charge >= 0.3 is 0 Å². The Balaban J connectivity index is 2.22. The molecule has 0 saturated carbocycles. The van der Waals surface area contributed by atoms with Crippen molar-refractivity contribution in [2.24, 2.45) is 0 Å². The number of hydrogen-bond donors (Lipinski definition) is 0. The first-order valence-electron chi connectivity index (χ1n) is 6.61. The van der Waals surface area contributed by atoms with Crippen LogP contribution in [-0.2, 0) is 13.8 Å². The zero-order chi connectivity index (χ0) is 14.9. The van der Waals surface area contributed by atoms with Crippen LogP contribution in [0.15, 0.2) is 17.0 Å². The Morgan fingerprint density at radius 1 is 1.35 bits per heavy atom. The lowest BCUT2D eigenvalue weighted by Crippen LogP contribution is -2.19. The van der Waals surface area contributed by atoms with Crippen LogP contribution in [0.1, 0.15) is 30.9 Å². The van der Waals surface area contributed by atoms with Gasteiger partial charge in [-0.15, -0.1) is 0 Å². The number of halogens is 1. The smallest absolute Gasteiger partial charge is 0.265 e. The lowest BCUT2D eigenvalue weighted by Gasteiger charge is -2.16. The summed E-state index contributed by atoms with van der Waals surface area (Å²) in [4.78, 5) is 0.0303. The fourth-order valence-electron chi connectivity index (χ4n) is 2.47. The maximum atomic E-state index is 11.7. The molecule has 4 nitrogen and oxygen atoms in total. The van der Waals surface area contributed by atoms with Gasteiger partial charge in [0.1, 0.15) is 17.3 Å². The highest BCUT2D eigenvalue weighted by atomic mass is 35.7. The zero-order valence-electron chi connectivity index (χ0n) is 11.8. The molecule has 1 heterocycles. The topological polar surface area (TPSA) is 52.6 Å². The van der Waals surface area contributed by atoms with Crippen LogP contribution in [0, 0.1) is 13.8 Å². The molecule has 2 unspecified atom stereocenters. The fourth-order valence-corrected chi connectivity index (χ4v) is 3.58. The van der Waals surface area contributed by atoms with Crippen LogP contribution in [0.3, 0.4) is 0 Å². The molecule has 1 saturated heterocycles. The van der Waals surface area contributed by atoms with Gasteiger partial charge in [0.25, 0.3) is 9.05 Å². The van der Waals surface area contributed by atoms with Crippen LogP contribution in [0.2, 0.25) is 0 Å². The second-order valence-corrected chi connectivity index (χ2v) is 7.84. The van der Waals surface area contributed by atoms with Crippen LogP contribution in [0.25, 0.3) is 0 Å². The van der Waals surface area contributed by atoms with Crippen molar-refractivity contribution < 1.29 is 17.9 Å². The summed E-state index contributed by atoms with van der Waals surface area (Å²) >= 11 is 0. The lowest BCUT2D eigenvalue weighted by molar-refractivity contribution is 0.0256. The molecule has 0 amide bonds. The molecule has 6 heteroatoms. The SMILES string of the molecule is Cc1cc(C)c(OCC2CCC(C)O2)c(S(=O)(=O)Cl)c1. The molecule has 1 aliphatic rings. The molecule has 2 atom stereocenters. The van der Waals surface area contributed by atoms with Crippen molar-refractivity contribution in [1.29, 1.82) is 0 Å². The Labute approximate surface area is 124 Å². The monoisotopic (exact) mass is 318 g/mol. The van der Waals surface area contributed by atoms with Gasteiger partial charge in [-0.2, -0.15) is 0 Å². The maximum Gasteiger partial charge on any atom is 0.265 e. The van der Waals surface area contributed by atoms with E-state index in [1.165, 1.54) is 6.07 Å². The first kappa shape index (κ1) is 15.6. The predicted octanol–water partition coefficient (Wildman–Crippen LogP) is 3.18. The minimum atomic E-state index is -3.83. The first-order chi connectivity index (χ1) is 9.27. The second kappa shape index (κ2) is 5.92. The summed E-state index contributed by atoms with van der Waals surface area (Å²) < 4.78 is 34.7. The molecule has 1 aliphatic heterocycles. The van der Waals surface area contributed by atoms with Crippen LogP contribution in [0.5, 0.6) is 5.75 Å². The summed E-state index contributed by atoms with van der Waals surface area (Å²) in [7, 11) is 1.66. The molecule has 0 aliphatic carbocycles. The first-order valence-corrected chi connectivity index (χ1v) is 8.92. The van der Waals surface area contributed by atoms with E-state index in [1.807, 2.05) is 26.8 Å². The molecule has 2 rings (SSSR count). The van der Waals surface area contributed by atoms with Crippen molar-refractivity contribution in [3.05, 3.63) is 23.3 Å². The van der Waals surface area contributed by atoms with Gasteiger partial charge in [0.05, 0.1) is 12.2 Å². The van der Waals surface area contributed by atoms with Crippen LogP contribution in [-0.4, -0.2) is 27.2 Å². The van der Waals surface area contributed by atoms with E-state index in [4.69, 9.17) is 20.2 Å². The third kappa shape index (κ3) is 3.65. The van der Waals surface area contributed by atoms with Gasteiger partial charge in [-0.05, 0) is 50.8 Å². The molecule has 20 heavy (non-hydrogen) atoms. The number of aryl methyl sites for hydroxylation is 2. The molecule has 0 aromatic heterocycles. The number of benzene rings is 1. The maximum absolute atomic E-state index is 11.7.